The average Bonchev–Trinajstić information content (AvgIpc) is 3.43. The van der Waals surface area contributed by atoms with Crippen LogP contribution in [0.4, 0.5) is 20.6 Å². The summed E-state index contributed by atoms with van der Waals surface area (Å²) < 4.78 is 23.3. The number of halogens is 1. The lowest BCUT2D eigenvalue weighted by Crippen LogP contribution is -2.47. The van der Waals surface area contributed by atoms with Crippen LogP contribution in [0.15, 0.2) is 36.8 Å². The summed E-state index contributed by atoms with van der Waals surface area (Å²) in [5.74, 6) is -0.890. The number of amides is 2. The van der Waals surface area contributed by atoms with E-state index in [-0.39, 0.29) is 23.7 Å². The SMILES string of the molecule is Cc1cn2cc(NC(=O)c3ccc(N4CCC(N(C)C(=O)OC(C)(C)C)CC4)c4cn(C)nc34)cc(F)c2n1. The van der Waals surface area contributed by atoms with Gasteiger partial charge in [0.25, 0.3) is 5.91 Å². The van der Waals surface area contributed by atoms with E-state index >= 15 is 0 Å². The van der Waals surface area contributed by atoms with Crippen LogP contribution in [0.1, 0.15) is 49.7 Å². The fourth-order valence-electron chi connectivity index (χ4n) is 5.09. The van der Waals surface area contributed by atoms with Crippen LogP contribution < -0.4 is 10.2 Å². The van der Waals surface area contributed by atoms with Gasteiger partial charge in [-0.1, -0.05) is 0 Å². The number of imidazole rings is 1. The van der Waals surface area contributed by atoms with Gasteiger partial charge in [0.05, 0.1) is 16.9 Å². The third-order valence-corrected chi connectivity index (χ3v) is 6.93. The van der Waals surface area contributed by atoms with Gasteiger partial charge in [-0.3, -0.25) is 9.48 Å². The van der Waals surface area contributed by atoms with E-state index in [2.05, 4.69) is 20.3 Å². The van der Waals surface area contributed by atoms with Gasteiger partial charge in [0.2, 0.25) is 0 Å². The Morgan fingerprint density at radius 1 is 1.15 bits per heavy atom. The number of aromatic nitrogens is 4. The zero-order chi connectivity index (χ0) is 28.1. The van der Waals surface area contributed by atoms with Gasteiger partial charge in [-0.2, -0.15) is 5.10 Å². The average molecular weight is 536 g/mol. The number of nitrogens with one attached hydrogen (secondary N) is 1. The molecule has 3 aromatic heterocycles. The molecule has 1 aliphatic rings. The maximum atomic E-state index is 14.5. The van der Waals surface area contributed by atoms with Crippen LogP contribution in [-0.4, -0.2) is 67.8 Å². The predicted octanol–water partition coefficient (Wildman–Crippen LogP) is 4.76. The molecule has 39 heavy (non-hydrogen) atoms. The van der Waals surface area contributed by atoms with Crippen molar-refractivity contribution in [3.05, 3.63) is 53.9 Å². The number of hydrogen-bond acceptors (Lipinski definition) is 6. The minimum absolute atomic E-state index is 0.0857. The molecular weight excluding hydrogens is 501 g/mol. The van der Waals surface area contributed by atoms with Gasteiger partial charge in [0.1, 0.15) is 11.1 Å². The molecular formula is C28H34FN7O3. The largest absolute Gasteiger partial charge is 0.444 e. The van der Waals surface area contributed by atoms with Crippen molar-refractivity contribution in [1.82, 2.24) is 24.1 Å². The van der Waals surface area contributed by atoms with Crippen molar-refractivity contribution >= 4 is 39.9 Å². The second kappa shape index (κ2) is 9.87. The molecule has 1 aromatic carbocycles. The van der Waals surface area contributed by atoms with Gasteiger partial charge in [0, 0.05) is 69.0 Å². The number of benzene rings is 1. The van der Waals surface area contributed by atoms with Crippen molar-refractivity contribution < 1.29 is 18.7 Å². The van der Waals surface area contributed by atoms with E-state index in [1.54, 1.807) is 46.4 Å². The second-order valence-electron chi connectivity index (χ2n) is 11.2. The van der Waals surface area contributed by atoms with Gasteiger partial charge in [-0.25, -0.2) is 14.2 Å². The van der Waals surface area contributed by atoms with Crippen molar-refractivity contribution in [2.45, 2.75) is 52.2 Å². The highest BCUT2D eigenvalue weighted by molar-refractivity contribution is 6.13. The van der Waals surface area contributed by atoms with Crippen molar-refractivity contribution in [1.29, 1.82) is 0 Å². The Bertz CT molecular complexity index is 1560. The number of carbonyl (C=O) groups excluding carboxylic acids is 2. The summed E-state index contributed by atoms with van der Waals surface area (Å²) in [4.78, 5) is 33.9. The van der Waals surface area contributed by atoms with Crippen LogP contribution in [0.25, 0.3) is 16.6 Å². The maximum absolute atomic E-state index is 14.5. The topological polar surface area (TPSA) is 97.0 Å². The summed E-state index contributed by atoms with van der Waals surface area (Å²) in [6.45, 7) is 8.87. The molecule has 0 radical (unpaired) electrons. The Balaban J connectivity index is 1.34. The van der Waals surface area contributed by atoms with E-state index < -0.39 is 11.4 Å². The van der Waals surface area contributed by atoms with Gasteiger partial charge in [-0.05, 0) is 52.7 Å². The summed E-state index contributed by atoms with van der Waals surface area (Å²) >= 11 is 0. The van der Waals surface area contributed by atoms with Gasteiger partial charge in [0.15, 0.2) is 11.5 Å². The molecule has 1 aliphatic heterocycles. The predicted molar refractivity (Wildman–Crippen MR) is 148 cm³/mol. The van der Waals surface area contributed by atoms with Gasteiger partial charge < -0.3 is 24.3 Å². The fraction of sp³-hybridized carbons (Fsp3) is 0.429. The highest BCUT2D eigenvalue weighted by Crippen LogP contribution is 2.32. The highest BCUT2D eigenvalue weighted by Gasteiger charge is 2.29. The van der Waals surface area contributed by atoms with E-state index in [1.807, 2.05) is 40.1 Å². The number of pyridine rings is 1. The molecule has 10 nitrogen and oxygen atoms in total. The van der Waals surface area contributed by atoms with E-state index in [1.165, 1.54) is 6.07 Å². The van der Waals surface area contributed by atoms with Crippen LogP contribution in [-0.2, 0) is 11.8 Å². The second-order valence-corrected chi connectivity index (χ2v) is 11.2. The number of nitrogens with zero attached hydrogens (tertiary/aromatic N) is 6. The van der Waals surface area contributed by atoms with Crippen LogP contribution in [0.3, 0.4) is 0 Å². The normalized spacial score (nSPS) is 14.7. The maximum Gasteiger partial charge on any atom is 0.410 e. The first kappa shape index (κ1) is 26.5. The van der Waals surface area contributed by atoms with Crippen LogP contribution in [0.5, 0.6) is 0 Å². The summed E-state index contributed by atoms with van der Waals surface area (Å²) in [5, 5.41) is 8.24. The van der Waals surface area contributed by atoms with Gasteiger partial charge in [-0.15, -0.1) is 0 Å². The molecule has 1 N–H and O–H groups in total. The number of fused-ring (bicyclic) bond motifs is 2. The fourth-order valence-corrected chi connectivity index (χ4v) is 5.09. The first-order valence-electron chi connectivity index (χ1n) is 13.0. The van der Waals surface area contributed by atoms with Crippen molar-refractivity contribution in [2.24, 2.45) is 7.05 Å². The number of hydrogen-bond donors (Lipinski definition) is 1. The lowest BCUT2D eigenvalue weighted by molar-refractivity contribution is 0.0201. The summed E-state index contributed by atoms with van der Waals surface area (Å²) in [7, 11) is 3.61. The molecule has 206 valence electrons. The smallest absolute Gasteiger partial charge is 0.410 e. The van der Waals surface area contributed by atoms with E-state index in [0.717, 1.165) is 37.0 Å². The third kappa shape index (κ3) is 5.39. The Hall–Kier alpha value is -4.15. The molecule has 1 fully saturated rings. The lowest BCUT2D eigenvalue weighted by Gasteiger charge is -2.38. The molecule has 2 amide bonds. The summed E-state index contributed by atoms with van der Waals surface area (Å²) in [5.41, 5.74) is 2.63. The Labute approximate surface area is 226 Å². The Morgan fingerprint density at radius 3 is 2.56 bits per heavy atom. The van der Waals surface area contributed by atoms with Crippen LogP contribution in [0, 0.1) is 12.7 Å². The molecule has 4 heterocycles. The minimum Gasteiger partial charge on any atom is -0.444 e. The first-order chi connectivity index (χ1) is 18.4. The minimum atomic E-state index is -0.536. The summed E-state index contributed by atoms with van der Waals surface area (Å²) in [6.07, 6.45) is 6.52. The summed E-state index contributed by atoms with van der Waals surface area (Å²) in [6, 6.07) is 5.04. The molecule has 0 bridgehead atoms. The third-order valence-electron chi connectivity index (χ3n) is 6.93. The number of anilines is 2. The monoisotopic (exact) mass is 535 g/mol. The highest BCUT2D eigenvalue weighted by atomic mass is 19.1. The zero-order valence-corrected chi connectivity index (χ0v) is 23.2. The van der Waals surface area contributed by atoms with E-state index in [0.29, 0.717) is 22.5 Å². The molecule has 0 saturated carbocycles. The molecule has 1 saturated heterocycles. The van der Waals surface area contributed by atoms with E-state index in [4.69, 9.17) is 4.74 Å². The number of piperidine rings is 1. The van der Waals surface area contributed by atoms with Crippen molar-refractivity contribution in [3.63, 3.8) is 0 Å². The molecule has 0 atom stereocenters. The Kier molecular flexibility index (Phi) is 6.69. The molecule has 4 aromatic rings. The van der Waals surface area contributed by atoms with Crippen LogP contribution in [0.2, 0.25) is 0 Å². The van der Waals surface area contributed by atoms with Gasteiger partial charge >= 0.3 is 6.09 Å². The molecule has 0 unspecified atom stereocenters. The van der Waals surface area contributed by atoms with Crippen molar-refractivity contribution in [3.8, 4) is 0 Å². The van der Waals surface area contributed by atoms with E-state index in [9.17, 15) is 14.0 Å². The Morgan fingerprint density at radius 2 is 1.87 bits per heavy atom. The van der Waals surface area contributed by atoms with Crippen molar-refractivity contribution in [2.75, 3.05) is 30.4 Å². The lowest BCUT2D eigenvalue weighted by atomic mass is 10.0. The zero-order valence-electron chi connectivity index (χ0n) is 23.2. The molecule has 0 spiro atoms. The first-order valence-corrected chi connectivity index (χ1v) is 13.0. The number of carbonyl (C=O) groups is 2. The van der Waals surface area contributed by atoms with Crippen LogP contribution >= 0.6 is 0 Å². The number of ether oxygens (including phenoxy) is 1. The molecule has 11 heteroatoms. The molecule has 0 aliphatic carbocycles. The quantitative estimate of drug-likeness (QED) is 0.405. The number of rotatable bonds is 4. The number of aryl methyl sites for hydroxylation is 2. The molecule has 5 rings (SSSR count). The standard InChI is InChI=1S/C28H34FN7O3/c1-17-14-36-15-18(13-22(29)25(36)30-17)31-26(37)20-7-8-23(21-16-33(5)32-24(20)21)35-11-9-19(10-12-35)34(6)27(38)39-28(2,3)4/h7-8,13-16,19H,9-12H2,1-6H3,(H,31,37).